The third-order valence-electron chi connectivity index (χ3n) is 5.51. The van der Waals surface area contributed by atoms with Gasteiger partial charge in [0.05, 0.1) is 32.7 Å². The van der Waals surface area contributed by atoms with Gasteiger partial charge in [-0.15, -0.1) is 0 Å². The number of fused-ring (bicyclic) bond motifs is 3. The third kappa shape index (κ3) is 3.20. The van der Waals surface area contributed by atoms with Gasteiger partial charge in [0.1, 0.15) is 12.6 Å². The molecule has 1 fully saturated rings. The van der Waals surface area contributed by atoms with Crippen LogP contribution in [-0.4, -0.2) is 59.3 Å². The molecule has 1 aliphatic heterocycles. The lowest BCUT2D eigenvalue weighted by atomic mass is 10.2. The number of rotatable bonds is 4. The Morgan fingerprint density at radius 1 is 1.04 bits per heavy atom. The van der Waals surface area contributed by atoms with Gasteiger partial charge < -0.3 is 19.5 Å². The highest BCUT2D eigenvalue weighted by atomic mass is 16.3. The van der Waals surface area contributed by atoms with Gasteiger partial charge in [0.2, 0.25) is 5.91 Å². The van der Waals surface area contributed by atoms with Crippen LogP contribution < -0.4 is 4.90 Å². The summed E-state index contributed by atoms with van der Waals surface area (Å²) in [6, 6.07) is 16.8. The predicted octanol–water partition coefficient (Wildman–Crippen LogP) is 0.902. The molecule has 2 heterocycles. The highest BCUT2D eigenvalue weighted by Crippen LogP contribution is 2.28. The number of para-hydroxylation sites is 2. The number of benzene rings is 2. The molecule has 4 rings (SSSR count). The molecule has 26 heavy (non-hydrogen) atoms. The quantitative estimate of drug-likeness (QED) is 0.733. The zero-order valence-corrected chi connectivity index (χ0v) is 15.2. The minimum atomic E-state index is -0.409. The van der Waals surface area contributed by atoms with Crippen molar-refractivity contribution < 1.29 is 14.8 Å². The summed E-state index contributed by atoms with van der Waals surface area (Å²) in [7, 11) is 0. The van der Waals surface area contributed by atoms with E-state index in [2.05, 4.69) is 53.1 Å². The molecule has 0 spiro atoms. The van der Waals surface area contributed by atoms with Gasteiger partial charge in [-0.05, 0) is 12.1 Å². The molecule has 0 saturated carbocycles. The molecule has 1 atom stereocenters. The number of aliphatic hydroxyl groups is 1. The van der Waals surface area contributed by atoms with Crippen LogP contribution in [0.25, 0.3) is 21.8 Å². The number of hydrogen-bond acceptors (Lipinski definition) is 2. The van der Waals surface area contributed by atoms with Crippen LogP contribution in [0.2, 0.25) is 0 Å². The first-order valence-electron chi connectivity index (χ1n) is 9.36. The second kappa shape index (κ2) is 7.09. The summed E-state index contributed by atoms with van der Waals surface area (Å²) < 4.78 is 2.24. The zero-order chi connectivity index (χ0) is 18.1. The minimum Gasteiger partial charge on any atom is -0.385 e. The minimum absolute atomic E-state index is 0.148. The molecule has 1 aliphatic rings. The maximum Gasteiger partial charge on any atom is 0.219 e. The smallest absolute Gasteiger partial charge is 0.219 e. The predicted molar refractivity (Wildman–Crippen MR) is 103 cm³/mol. The van der Waals surface area contributed by atoms with Crippen LogP contribution in [0.3, 0.4) is 0 Å². The van der Waals surface area contributed by atoms with E-state index in [9.17, 15) is 9.90 Å². The molecule has 0 aliphatic carbocycles. The Hall–Kier alpha value is -2.37. The van der Waals surface area contributed by atoms with Crippen LogP contribution in [0.15, 0.2) is 48.5 Å². The van der Waals surface area contributed by atoms with Crippen molar-refractivity contribution in [2.24, 2.45) is 0 Å². The van der Waals surface area contributed by atoms with Crippen LogP contribution in [0, 0.1) is 0 Å². The number of amides is 1. The van der Waals surface area contributed by atoms with Gasteiger partial charge in [0.25, 0.3) is 0 Å². The largest absolute Gasteiger partial charge is 0.385 e. The van der Waals surface area contributed by atoms with E-state index in [0.29, 0.717) is 13.1 Å². The summed E-state index contributed by atoms with van der Waals surface area (Å²) in [4.78, 5) is 14.7. The second-order valence-electron chi connectivity index (χ2n) is 7.26. The number of nitrogens with one attached hydrogen (secondary N) is 1. The fraction of sp³-hybridized carbons (Fsp3) is 0.381. The first kappa shape index (κ1) is 17.1. The van der Waals surface area contributed by atoms with E-state index in [1.54, 1.807) is 6.92 Å². The number of aromatic nitrogens is 1. The Morgan fingerprint density at radius 2 is 1.58 bits per heavy atom. The zero-order valence-electron chi connectivity index (χ0n) is 15.2. The van der Waals surface area contributed by atoms with E-state index in [0.717, 1.165) is 26.2 Å². The van der Waals surface area contributed by atoms with Crippen molar-refractivity contribution in [3.05, 3.63) is 48.5 Å². The average Bonchev–Trinajstić information content (AvgIpc) is 2.96. The Labute approximate surface area is 153 Å². The van der Waals surface area contributed by atoms with Crippen molar-refractivity contribution in [1.29, 1.82) is 0 Å². The molecular weight excluding hydrogens is 326 g/mol. The lowest BCUT2D eigenvalue weighted by molar-refractivity contribution is -0.907. The van der Waals surface area contributed by atoms with Crippen molar-refractivity contribution in [3.8, 4) is 0 Å². The number of carbonyl (C=O) groups excluding carboxylic acids is 1. The van der Waals surface area contributed by atoms with Crippen molar-refractivity contribution in [1.82, 2.24) is 9.47 Å². The number of nitrogens with zero attached hydrogens (tertiary/aromatic N) is 2. The monoisotopic (exact) mass is 352 g/mol. The van der Waals surface area contributed by atoms with Crippen LogP contribution in [0.5, 0.6) is 0 Å². The fourth-order valence-electron chi connectivity index (χ4n) is 4.15. The van der Waals surface area contributed by atoms with Crippen LogP contribution in [0.4, 0.5) is 0 Å². The van der Waals surface area contributed by atoms with Gasteiger partial charge in [-0.25, -0.2) is 0 Å². The Kier molecular flexibility index (Phi) is 4.66. The number of hydrogen-bond donors (Lipinski definition) is 2. The summed E-state index contributed by atoms with van der Waals surface area (Å²) in [5, 5.41) is 13.2. The first-order chi connectivity index (χ1) is 12.6. The average molecular weight is 352 g/mol. The number of piperazine rings is 1. The van der Waals surface area contributed by atoms with E-state index in [1.165, 1.54) is 26.7 Å². The van der Waals surface area contributed by atoms with Crippen molar-refractivity contribution in [2.45, 2.75) is 19.6 Å². The topological polar surface area (TPSA) is 49.9 Å². The molecule has 1 amide bonds. The Bertz CT molecular complexity index is 872. The van der Waals surface area contributed by atoms with Gasteiger partial charge in [0, 0.05) is 28.7 Å². The third-order valence-corrected chi connectivity index (χ3v) is 5.51. The fourth-order valence-corrected chi connectivity index (χ4v) is 4.15. The van der Waals surface area contributed by atoms with Crippen molar-refractivity contribution in [2.75, 3.05) is 32.7 Å². The maximum absolute atomic E-state index is 11.5. The van der Waals surface area contributed by atoms with Crippen LogP contribution in [-0.2, 0) is 11.3 Å². The van der Waals surface area contributed by atoms with Crippen molar-refractivity contribution >= 4 is 27.7 Å². The van der Waals surface area contributed by atoms with Gasteiger partial charge in [-0.1, -0.05) is 36.4 Å². The SMILES string of the molecule is CC(=O)N1CC[NH+](C[C@@H](O)Cn2c3ccccc3c3ccccc32)CC1. The molecule has 1 aromatic heterocycles. The normalized spacial score (nSPS) is 17.1. The van der Waals surface area contributed by atoms with Crippen molar-refractivity contribution in [3.63, 3.8) is 0 Å². The first-order valence-corrected chi connectivity index (χ1v) is 9.36. The molecule has 3 aromatic rings. The van der Waals surface area contributed by atoms with Gasteiger partial charge in [-0.2, -0.15) is 0 Å². The molecule has 1 saturated heterocycles. The number of carbonyl (C=O) groups is 1. The summed E-state index contributed by atoms with van der Waals surface area (Å²) >= 11 is 0. The molecule has 2 aromatic carbocycles. The lowest BCUT2D eigenvalue weighted by Crippen LogP contribution is -3.15. The molecule has 5 heteroatoms. The van der Waals surface area contributed by atoms with E-state index in [-0.39, 0.29) is 5.91 Å². The van der Waals surface area contributed by atoms with Crippen LogP contribution >= 0.6 is 0 Å². The Morgan fingerprint density at radius 3 is 2.12 bits per heavy atom. The van der Waals surface area contributed by atoms with E-state index in [1.807, 2.05) is 4.90 Å². The summed E-state index contributed by atoms with van der Waals surface area (Å²) in [5.41, 5.74) is 2.34. The molecule has 0 bridgehead atoms. The summed E-state index contributed by atoms with van der Waals surface area (Å²) in [6.07, 6.45) is -0.409. The molecular formula is C21H26N3O2+. The summed E-state index contributed by atoms with van der Waals surface area (Å²) in [5.74, 6) is 0.148. The number of aliphatic hydroxyl groups excluding tert-OH is 1. The van der Waals surface area contributed by atoms with E-state index >= 15 is 0 Å². The molecule has 136 valence electrons. The molecule has 0 radical (unpaired) electrons. The van der Waals surface area contributed by atoms with Gasteiger partial charge in [-0.3, -0.25) is 4.79 Å². The molecule has 5 nitrogen and oxygen atoms in total. The highest BCUT2D eigenvalue weighted by molar-refractivity contribution is 6.07. The summed E-state index contributed by atoms with van der Waals surface area (Å²) in [6.45, 7) is 6.32. The lowest BCUT2D eigenvalue weighted by Gasteiger charge is -2.32. The molecule has 0 unspecified atom stereocenters. The van der Waals surface area contributed by atoms with Gasteiger partial charge >= 0.3 is 0 Å². The van der Waals surface area contributed by atoms with Crippen LogP contribution in [0.1, 0.15) is 6.92 Å². The number of quaternary nitrogens is 1. The van der Waals surface area contributed by atoms with Gasteiger partial charge in [0.15, 0.2) is 0 Å². The maximum atomic E-state index is 11.5. The Balaban J connectivity index is 1.51. The highest BCUT2D eigenvalue weighted by Gasteiger charge is 2.24. The molecule has 2 N–H and O–H groups in total. The standard InChI is InChI=1S/C21H25N3O2/c1-16(25)23-12-10-22(11-13-23)14-17(26)15-24-20-8-4-2-6-18(20)19-7-3-5-9-21(19)24/h2-9,17,26H,10-15H2,1H3/p+1/t17-/m1/s1. The van der Waals surface area contributed by atoms with E-state index in [4.69, 9.17) is 0 Å². The second-order valence-corrected chi connectivity index (χ2v) is 7.26. The van der Waals surface area contributed by atoms with E-state index < -0.39 is 6.10 Å².